The lowest BCUT2D eigenvalue weighted by Crippen LogP contribution is -2.55. The molecule has 1 aromatic rings. The highest BCUT2D eigenvalue weighted by Gasteiger charge is 2.33. The zero-order valence-corrected chi connectivity index (χ0v) is 16.9. The molecule has 0 atom stereocenters. The van der Waals surface area contributed by atoms with Crippen LogP contribution in [0.25, 0.3) is 0 Å². The van der Waals surface area contributed by atoms with Gasteiger partial charge in [0, 0.05) is 37.3 Å². The van der Waals surface area contributed by atoms with Crippen LogP contribution in [0.5, 0.6) is 0 Å². The van der Waals surface area contributed by atoms with E-state index in [0.29, 0.717) is 25.2 Å². The molecule has 6 heteroatoms. The van der Waals surface area contributed by atoms with Gasteiger partial charge in [-0.05, 0) is 44.4 Å². The van der Waals surface area contributed by atoms with Crippen LogP contribution in [0.1, 0.15) is 68.3 Å². The second-order valence-electron chi connectivity index (χ2n) is 8.18. The number of hydrogen-bond acceptors (Lipinski definition) is 3. The van der Waals surface area contributed by atoms with Crippen LogP contribution in [-0.4, -0.2) is 52.7 Å². The van der Waals surface area contributed by atoms with Crippen LogP contribution in [0.4, 0.5) is 0 Å². The predicted molar refractivity (Wildman–Crippen MR) is 108 cm³/mol. The fourth-order valence-electron chi connectivity index (χ4n) is 4.01. The smallest absolute Gasteiger partial charge is 0.312 e. The molecular formula is C22H31N3O3. The Morgan fingerprint density at radius 2 is 1.64 bits per heavy atom. The molecular weight excluding hydrogens is 354 g/mol. The lowest BCUT2D eigenvalue weighted by molar-refractivity contribution is -0.157. The molecule has 1 aliphatic carbocycles. The highest BCUT2D eigenvalue weighted by Crippen LogP contribution is 2.18. The van der Waals surface area contributed by atoms with Crippen molar-refractivity contribution in [2.75, 3.05) is 13.1 Å². The molecule has 2 fully saturated rings. The van der Waals surface area contributed by atoms with E-state index >= 15 is 0 Å². The van der Waals surface area contributed by atoms with Gasteiger partial charge in [0.25, 0.3) is 5.91 Å². The minimum Gasteiger partial charge on any atom is -0.349 e. The Labute approximate surface area is 167 Å². The van der Waals surface area contributed by atoms with E-state index in [-0.39, 0.29) is 18.0 Å². The van der Waals surface area contributed by atoms with Gasteiger partial charge in [0.05, 0.1) is 0 Å². The average molecular weight is 386 g/mol. The van der Waals surface area contributed by atoms with Gasteiger partial charge < -0.3 is 15.1 Å². The molecule has 1 heterocycles. The summed E-state index contributed by atoms with van der Waals surface area (Å²) in [6, 6.07) is 7.65. The molecule has 3 amide bonds. The Morgan fingerprint density at radius 1 is 1.00 bits per heavy atom. The second-order valence-corrected chi connectivity index (χ2v) is 8.18. The van der Waals surface area contributed by atoms with Gasteiger partial charge >= 0.3 is 11.8 Å². The van der Waals surface area contributed by atoms with Crippen LogP contribution < -0.4 is 5.32 Å². The normalized spacial score (nSPS) is 19.1. The van der Waals surface area contributed by atoms with Crippen molar-refractivity contribution in [2.45, 2.75) is 71.0 Å². The summed E-state index contributed by atoms with van der Waals surface area (Å²) in [7, 11) is 0. The van der Waals surface area contributed by atoms with Gasteiger partial charge in [-0.15, -0.1) is 0 Å². The first-order valence-electron chi connectivity index (χ1n) is 10.5. The van der Waals surface area contributed by atoms with Gasteiger partial charge in [-0.2, -0.15) is 0 Å². The van der Waals surface area contributed by atoms with Crippen molar-refractivity contribution in [3.05, 3.63) is 35.4 Å². The summed E-state index contributed by atoms with van der Waals surface area (Å²) < 4.78 is 0. The number of hydrogen-bond donors (Lipinski definition) is 1. The fraction of sp³-hybridized carbons (Fsp3) is 0.591. The number of nitrogens with zero attached hydrogens (tertiary/aromatic N) is 2. The predicted octanol–water partition coefficient (Wildman–Crippen LogP) is 2.72. The van der Waals surface area contributed by atoms with Crippen LogP contribution in [0, 0.1) is 0 Å². The Kier molecular flexibility index (Phi) is 6.70. The van der Waals surface area contributed by atoms with E-state index in [9.17, 15) is 14.4 Å². The van der Waals surface area contributed by atoms with Gasteiger partial charge in [0.15, 0.2) is 0 Å². The van der Waals surface area contributed by atoms with E-state index in [4.69, 9.17) is 0 Å². The van der Waals surface area contributed by atoms with E-state index in [1.54, 1.807) is 21.9 Å². The molecule has 152 valence electrons. The molecule has 2 aliphatic rings. The van der Waals surface area contributed by atoms with Gasteiger partial charge in [0.2, 0.25) is 0 Å². The molecule has 1 saturated carbocycles. The minimum absolute atomic E-state index is 0.0322. The number of benzene rings is 1. The summed E-state index contributed by atoms with van der Waals surface area (Å²) in [6.45, 7) is 5.32. The largest absolute Gasteiger partial charge is 0.349 e. The first kappa shape index (κ1) is 20.4. The molecule has 3 rings (SSSR count). The van der Waals surface area contributed by atoms with Crippen molar-refractivity contribution in [3.63, 3.8) is 0 Å². The van der Waals surface area contributed by atoms with Crippen LogP contribution in [0.2, 0.25) is 0 Å². The molecule has 0 spiro atoms. The van der Waals surface area contributed by atoms with Crippen molar-refractivity contribution in [3.8, 4) is 0 Å². The number of piperazine rings is 1. The van der Waals surface area contributed by atoms with E-state index in [1.807, 2.05) is 26.0 Å². The Morgan fingerprint density at radius 3 is 2.25 bits per heavy atom. The van der Waals surface area contributed by atoms with Crippen LogP contribution in [0.3, 0.4) is 0 Å². The van der Waals surface area contributed by atoms with Gasteiger partial charge in [-0.25, -0.2) is 0 Å². The minimum atomic E-state index is -0.449. The van der Waals surface area contributed by atoms with Gasteiger partial charge in [-0.1, -0.05) is 37.8 Å². The van der Waals surface area contributed by atoms with E-state index in [0.717, 1.165) is 18.4 Å². The zero-order valence-electron chi connectivity index (χ0n) is 16.9. The van der Waals surface area contributed by atoms with E-state index in [2.05, 4.69) is 5.32 Å². The van der Waals surface area contributed by atoms with Crippen LogP contribution >= 0.6 is 0 Å². The summed E-state index contributed by atoms with van der Waals surface area (Å²) in [5.74, 6) is -0.911. The lowest BCUT2D eigenvalue weighted by atomic mass is 10.1. The monoisotopic (exact) mass is 385 g/mol. The van der Waals surface area contributed by atoms with Crippen molar-refractivity contribution in [1.29, 1.82) is 0 Å². The standard InChI is InChI=1S/C22H31N3O3/c1-16(2)25-14-13-24(21(27)22(25)28)15-17-9-11-18(12-10-17)20(26)23-19-7-5-3-4-6-8-19/h9-12,16,19H,3-8,13-15H2,1-2H3,(H,23,26). The van der Waals surface area contributed by atoms with Crippen molar-refractivity contribution >= 4 is 17.7 Å². The third-order valence-electron chi connectivity index (χ3n) is 5.75. The number of nitrogens with one attached hydrogen (secondary N) is 1. The number of carbonyl (C=O) groups is 3. The third kappa shape index (κ3) is 4.91. The molecule has 1 saturated heterocycles. The first-order valence-corrected chi connectivity index (χ1v) is 10.5. The Hall–Kier alpha value is -2.37. The van der Waals surface area contributed by atoms with Gasteiger partial charge in [0.1, 0.15) is 0 Å². The van der Waals surface area contributed by atoms with Crippen LogP contribution in [-0.2, 0) is 16.1 Å². The molecule has 28 heavy (non-hydrogen) atoms. The molecule has 1 aromatic carbocycles. The highest BCUT2D eigenvalue weighted by atomic mass is 16.2. The van der Waals surface area contributed by atoms with E-state index in [1.165, 1.54) is 25.7 Å². The molecule has 1 N–H and O–H groups in total. The highest BCUT2D eigenvalue weighted by molar-refractivity contribution is 6.35. The quantitative estimate of drug-likeness (QED) is 0.626. The molecule has 0 bridgehead atoms. The average Bonchev–Trinajstić information content (AvgIpc) is 2.94. The van der Waals surface area contributed by atoms with E-state index < -0.39 is 11.8 Å². The fourth-order valence-corrected chi connectivity index (χ4v) is 4.01. The SMILES string of the molecule is CC(C)N1CCN(Cc2ccc(C(=O)NC3CCCCCC3)cc2)C(=O)C1=O. The molecule has 0 unspecified atom stereocenters. The molecule has 1 aliphatic heterocycles. The maximum atomic E-state index is 12.5. The summed E-state index contributed by atoms with van der Waals surface area (Å²) in [4.78, 5) is 40.2. The van der Waals surface area contributed by atoms with Crippen molar-refractivity contribution in [2.24, 2.45) is 0 Å². The number of rotatable bonds is 5. The Balaban J connectivity index is 1.56. The molecule has 0 radical (unpaired) electrons. The second kappa shape index (κ2) is 9.22. The first-order chi connectivity index (χ1) is 13.5. The molecule has 6 nitrogen and oxygen atoms in total. The maximum absolute atomic E-state index is 12.5. The Bertz CT molecular complexity index is 706. The van der Waals surface area contributed by atoms with Gasteiger partial charge in [-0.3, -0.25) is 14.4 Å². The maximum Gasteiger partial charge on any atom is 0.312 e. The summed E-state index contributed by atoms with van der Waals surface area (Å²) >= 11 is 0. The molecule has 0 aromatic heterocycles. The third-order valence-corrected chi connectivity index (χ3v) is 5.75. The summed E-state index contributed by atoms with van der Waals surface area (Å²) in [6.07, 6.45) is 6.99. The summed E-state index contributed by atoms with van der Waals surface area (Å²) in [5.41, 5.74) is 1.56. The lowest BCUT2D eigenvalue weighted by Gasteiger charge is -2.36. The summed E-state index contributed by atoms with van der Waals surface area (Å²) in [5, 5.41) is 3.15. The van der Waals surface area contributed by atoms with Crippen LogP contribution in [0.15, 0.2) is 24.3 Å². The van der Waals surface area contributed by atoms with Crippen molar-refractivity contribution < 1.29 is 14.4 Å². The topological polar surface area (TPSA) is 69.7 Å². The number of carbonyl (C=O) groups excluding carboxylic acids is 3. The zero-order chi connectivity index (χ0) is 20.1. The van der Waals surface area contributed by atoms with Crippen molar-refractivity contribution in [1.82, 2.24) is 15.1 Å². The number of amides is 3.